The minimum Gasteiger partial charge on any atom is -0.0622 e. The van der Waals surface area contributed by atoms with Crippen molar-refractivity contribution in [3.63, 3.8) is 0 Å². The first kappa shape index (κ1) is 4.17. The molecule has 1 saturated carbocycles. The smallest absolute Gasteiger partial charge is 0.0355 e. The van der Waals surface area contributed by atoms with E-state index in [2.05, 4.69) is 19.8 Å². The number of hydrogen-bond donors (Lipinski definition) is 0. The Morgan fingerprint density at radius 3 is 2.67 bits per heavy atom. The quantitative estimate of drug-likeness (QED) is 0.418. The second-order valence-corrected chi connectivity index (χ2v) is 1.97. The monoisotopic (exact) mass is 82.1 g/mol. The van der Waals surface area contributed by atoms with E-state index < -0.39 is 0 Å². The van der Waals surface area contributed by atoms with Gasteiger partial charge in [-0.1, -0.05) is 6.92 Å². The highest BCUT2D eigenvalue weighted by molar-refractivity contribution is 4.90. The summed E-state index contributed by atoms with van der Waals surface area (Å²) < 4.78 is 0. The zero-order chi connectivity index (χ0) is 4.41. The van der Waals surface area contributed by atoms with Crippen LogP contribution < -0.4 is 0 Å². The summed E-state index contributed by atoms with van der Waals surface area (Å²) in [6, 6.07) is 0. The van der Waals surface area contributed by atoms with Crippen molar-refractivity contribution in [3.8, 4) is 0 Å². The maximum absolute atomic E-state index is 2.35. The first-order valence-electron chi connectivity index (χ1n) is 2.54. The van der Waals surface area contributed by atoms with Gasteiger partial charge in [0.05, 0.1) is 0 Å². The van der Waals surface area contributed by atoms with Gasteiger partial charge in [-0.15, -0.1) is 0 Å². The number of rotatable bonds is 0. The Hall–Kier alpha value is 0. The molecule has 2 radical (unpaired) electrons. The summed E-state index contributed by atoms with van der Waals surface area (Å²) in [7, 11) is 0. The molecule has 1 aliphatic carbocycles. The topological polar surface area (TPSA) is 0 Å². The zero-order valence-electron chi connectivity index (χ0n) is 4.15. The molecule has 0 nitrogen and oxygen atoms in total. The molecule has 0 aromatic heterocycles. The van der Waals surface area contributed by atoms with Crippen LogP contribution in [0.3, 0.4) is 0 Å². The van der Waals surface area contributed by atoms with Gasteiger partial charge in [-0.3, -0.25) is 0 Å². The molecule has 34 valence electrons. The highest BCUT2D eigenvalue weighted by atomic mass is 14.1. The Labute approximate surface area is 39.6 Å². The molecular formula is C6H10. The molecule has 0 aliphatic heterocycles. The summed E-state index contributed by atoms with van der Waals surface area (Å²) in [6.07, 6.45) is 7.21. The molecule has 0 heterocycles. The third kappa shape index (κ3) is 0.735. The summed E-state index contributed by atoms with van der Waals surface area (Å²) in [5.41, 5.74) is 0. The lowest BCUT2D eigenvalue weighted by Gasteiger charge is -1.90. The van der Waals surface area contributed by atoms with Gasteiger partial charge in [-0.2, -0.15) is 0 Å². The highest BCUT2D eigenvalue weighted by Gasteiger charge is 2.07. The van der Waals surface area contributed by atoms with E-state index in [9.17, 15) is 0 Å². The first-order valence-corrected chi connectivity index (χ1v) is 2.54. The van der Waals surface area contributed by atoms with Crippen molar-refractivity contribution < 1.29 is 0 Å². The van der Waals surface area contributed by atoms with Gasteiger partial charge in [0, 0.05) is 0 Å². The van der Waals surface area contributed by atoms with Crippen LogP contribution in [0.25, 0.3) is 0 Å². The summed E-state index contributed by atoms with van der Waals surface area (Å²) in [6.45, 7) is 2.25. The molecule has 0 N–H and O–H groups in total. The fraction of sp³-hybridized carbons (Fsp3) is 0.667. The van der Waals surface area contributed by atoms with Gasteiger partial charge in [0.1, 0.15) is 0 Å². The van der Waals surface area contributed by atoms with E-state index in [0.717, 1.165) is 5.92 Å². The van der Waals surface area contributed by atoms with Crippen molar-refractivity contribution in [1.82, 2.24) is 0 Å². The second-order valence-electron chi connectivity index (χ2n) is 1.97. The Morgan fingerprint density at radius 1 is 1.67 bits per heavy atom. The minimum absolute atomic E-state index is 0.866. The molecule has 0 amide bonds. The van der Waals surface area contributed by atoms with Crippen molar-refractivity contribution in [2.24, 2.45) is 5.92 Å². The molecule has 1 unspecified atom stereocenters. The van der Waals surface area contributed by atoms with Gasteiger partial charge >= 0.3 is 0 Å². The predicted molar refractivity (Wildman–Crippen MR) is 27.0 cm³/mol. The molecular weight excluding hydrogens is 72.1 g/mol. The summed E-state index contributed by atoms with van der Waals surface area (Å²) in [4.78, 5) is 0. The summed E-state index contributed by atoms with van der Waals surface area (Å²) in [5, 5.41) is 0. The van der Waals surface area contributed by atoms with Gasteiger partial charge in [-0.05, 0) is 31.6 Å². The SMILES string of the molecule is CC1[CH]C[CH]C1. The van der Waals surface area contributed by atoms with E-state index in [1.807, 2.05) is 0 Å². The maximum atomic E-state index is 2.35. The van der Waals surface area contributed by atoms with Crippen LogP contribution in [-0.2, 0) is 0 Å². The van der Waals surface area contributed by atoms with Crippen LogP contribution in [0.2, 0.25) is 0 Å². The Balaban J connectivity index is 2.18. The van der Waals surface area contributed by atoms with Crippen LogP contribution in [0.4, 0.5) is 0 Å². The van der Waals surface area contributed by atoms with E-state index in [0.29, 0.717) is 0 Å². The molecule has 6 heavy (non-hydrogen) atoms. The second kappa shape index (κ2) is 1.63. The lowest BCUT2D eigenvalue weighted by atomic mass is 10.2. The van der Waals surface area contributed by atoms with Crippen molar-refractivity contribution in [2.75, 3.05) is 0 Å². The zero-order valence-corrected chi connectivity index (χ0v) is 4.15. The molecule has 0 aromatic rings. The van der Waals surface area contributed by atoms with E-state index in [-0.39, 0.29) is 0 Å². The minimum atomic E-state index is 0.866. The molecule has 1 fully saturated rings. The van der Waals surface area contributed by atoms with Crippen LogP contribution >= 0.6 is 0 Å². The van der Waals surface area contributed by atoms with Crippen LogP contribution in [-0.4, -0.2) is 0 Å². The molecule has 1 atom stereocenters. The first-order chi connectivity index (χ1) is 2.89. The van der Waals surface area contributed by atoms with E-state index in [1.54, 1.807) is 0 Å². The predicted octanol–water partition coefficient (Wildman–Crippen LogP) is 1.82. The lowest BCUT2D eigenvalue weighted by molar-refractivity contribution is 0.731. The van der Waals surface area contributed by atoms with Crippen molar-refractivity contribution in [2.45, 2.75) is 19.8 Å². The molecule has 1 aliphatic rings. The van der Waals surface area contributed by atoms with Crippen molar-refractivity contribution >= 4 is 0 Å². The molecule has 1 rings (SSSR count). The van der Waals surface area contributed by atoms with Crippen LogP contribution in [0.15, 0.2) is 0 Å². The average Bonchev–Trinajstić information content (AvgIpc) is 1.86. The third-order valence-corrected chi connectivity index (χ3v) is 1.24. The molecule has 0 spiro atoms. The lowest BCUT2D eigenvalue weighted by Crippen LogP contribution is -1.79. The standard InChI is InChI=1S/C6H10/c1-6-4-2-3-5-6/h2,5-6H,3-4H2,1H3. The van der Waals surface area contributed by atoms with Gasteiger partial charge in [0.2, 0.25) is 0 Å². The normalized spacial score (nSPS) is 25.5. The summed E-state index contributed by atoms with van der Waals surface area (Å²) >= 11 is 0. The fourth-order valence-corrected chi connectivity index (χ4v) is 0.784. The third-order valence-electron chi connectivity index (χ3n) is 1.24. The van der Waals surface area contributed by atoms with Crippen LogP contribution in [0, 0.1) is 18.8 Å². The van der Waals surface area contributed by atoms with E-state index >= 15 is 0 Å². The summed E-state index contributed by atoms with van der Waals surface area (Å²) in [5.74, 6) is 0.866. The van der Waals surface area contributed by atoms with Crippen LogP contribution in [0.1, 0.15) is 19.8 Å². The number of hydrogen-bond acceptors (Lipinski definition) is 0. The highest BCUT2D eigenvalue weighted by Crippen LogP contribution is 2.20. The van der Waals surface area contributed by atoms with Gasteiger partial charge in [0.15, 0.2) is 0 Å². The van der Waals surface area contributed by atoms with Gasteiger partial charge in [0.25, 0.3) is 0 Å². The van der Waals surface area contributed by atoms with Gasteiger partial charge < -0.3 is 0 Å². The van der Waals surface area contributed by atoms with Crippen LogP contribution in [0.5, 0.6) is 0 Å². The van der Waals surface area contributed by atoms with Crippen molar-refractivity contribution in [1.29, 1.82) is 0 Å². The molecule has 0 heteroatoms. The average molecular weight is 82.1 g/mol. The fourth-order valence-electron chi connectivity index (χ4n) is 0.784. The van der Waals surface area contributed by atoms with E-state index in [1.165, 1.54) is 12.8 Å². The van der Waals surface area contributed by atoms with Crippen molar-refractivity contribution in [3.05, 3.63) is 12.8 Å². The largest absolute Gasteiger partial charge is 0.0622 e. The van der Waals surface area contributed by atoms with E-state index in [4.69, 9.17) is 0 Å². The molecule has 0 saturated heterocycles. The molecule has 0 aromatic carbocycles. The maximum Gasteiger partial charge on any atom is -0.0355 e. The Bertz CT molecular complexity index is 33.3. The van der Waals surface area contributed by atoms with Gasteiger partial charge in [-0.25, -0.2) is 0 Å². The Morgan fingerprint density at radius 2 is 2.50 bits per heavy atom. The Kier molecular flexibility index (Phi) is 1.13. The molecule has 0 bridgehead atoms.